The minimum Gasteiger partial charge on any atom is -0.496 e. The maximum Gasteiger partial charge on any atom is 0.338 e. The molecule has 0 spiro atoms. The van der Waals surface area contributed by atoms with Crippen molar-refractivity contribution in [3.05, 3.63) is 53.1 Å². The molecule has 5 heteroatoms. The summed E-state index contributed by atoms with van der Waals surface area (Å²) in [5.41, 5.74) is 2.01. The highest BCUT2D eigenvalue weighted by Gasteiger charge is 2.18. The van der Waals surface area contributed by atoms with Crippen LogP contribution in [0.2, 0.25) is 0 Å². The average Bonchev–Trinajstić information content (AvgIpc) is 2.53. The van der Waals surface area contributed by atoms with Crippen LogP contribution in [0.3, 0.4) is 0 Å². The molecule has 0 bridgehead atoms. The van der Waals surface area contributed by atoms with Crippen molar-refractivity contribution in [2.45, 2.75) is 13.3 Å². The summed E-state index contributed by atoms with van der Waals surface area (Å²) in [5.74, 6) is -0.111. The van der Waals surface area contributed by atoms with Crippen molar-refractivity contribution in [2.75, 3.05) is 14.2 Å². The molecular weight excluding hydrogens is 290 g/mol. The molecule has 0 aliphatic carbocycles. The second kappa shape index (κ2) is 6.56. The van der Waals surface area contributed by atoms with Crippen LogP contribution >= 0.6 is 0 Å². The van der Waals surface area contributed by atoms with Gasteiger partial charge in [0.1, 0.15) is 5.75 Å². The Balaban J connectivity index is 2.71. The summed E-state index contributed by atoms with van der Waals surface area (Å²) in [6.07, 6.45) is -2.60. The number of aryl methyl sites for hydroxylation is 1. The van der Waals surface area contributed by atoms with Crippen LogP contribution in [0.4, 0.5) is 8.78 Å². The van der Waals surface area contributed by atoms with Crippen LogP contribution < -0.4 is 4.74 Å². The SMILES string of the molecule is COC(=O)c1ccc(C)cc1-c1cc(C(F)F)ccc1OC. The highest BCUT2D eigenvalue weighted by molar-refractivity contribution is 5.98. The molecule has 0 unspecified atom stereocenters. The highest BCUT2D eigenvalue weighted by atomic mass is 19.3. The van der Waals surface area contributed by atoms with Crippen LogP contribution in [0, 0.1) is 6.92 Å². The summed E-state index contributed by atoms with van der Waals surface area (Å²) in [7, 11) is 2.73. The predicted molar refractivity (Wildman–Crippen MR) is 79.5 cm³/mol. The lowest BCUT2D eigenvalue weighted by molar-refractivity contribution is 0.0601. The molecule has 0 heterocycles. The molecule has 2 rings (SSSR count). The van der Waals surface area contributed by atoms with Gasteiger partial charge < -0.3 is 9.47 Å². The lowest BCUT2D eigenvalue weighted by Gasteiger charge is -2.14. The van der Waals surface area contributed by atoms with E-state index in [0.29, 0.717) is 22.4 Å². The predicted octanol–water partition coefficient (Wildman–Crippen LogP) is 4.39. The van der Waals surface area contributed by atoms with Crippen LogP contribution in [0.1, 0.15) is 27.9 Å². The minimum absolute atomic E-state index is 0.131. The molecular formula is C17H16F2O3. The zero-order chi connectivity index (χ0) is 16.3. The quantitative estimate of drug-likeness (QED) is 0.786. The van der Waals surface area contributed by atoms with Gasteiger partial charge in [-0.1, -0.05) is 17.7 Å². The Morgan fingerprint density at radius 2 is 1.77 bits per heavy atom. The van der Waals surface area contributed by atoms with Gasteiger partial charge in [0.15, 0.2) is 0 Å². The third-order valence-electron chi connectivity index (χ3n) is 3.35. The number of rotatable bonds is 4. The fourth-order valence-corrected chi connectivity index (χ4v) is 2.24. The summed E-state index contributed by atoms with van der Waals surface area (Å²) < 4.78 is 35.9. The molecule has 0 radical (unpaired) electrons. The highest BCUT2D eigenvalue weighted by Crippen LogP contribution is 2.36. The normalized spacial score (nSPS) is 10.6. The zero-order valence-corrected chi connectivity index (χ0v) is 12.5. The number of alkyl halides is 2. The summed E-state index contributed by atoms with van der Waals surface area (Å²) >= 11 is 0. The van der Waals surface area contributed by atoms with E-state index in [-0.39, 0.29) is 5.56 Å². The summed E-state index contributed by atoms with van der Waals surface area (Å²) in [5, 5.41) is 0. The molecule has 22 heavy (non-hydrogen) atoms. The van der Waals surface area contributed by atoms with Gasteiger partial charge >= 0.3 is 5.97 Å². The third kappa shape index (κ3) is 3.08. The van der Waals surface area contributed by atoms with Crippen molar-refractivity contribution >= 4 is 5.97 Å². The van der Waals surface area contributed by atoms with Gasteiger partial charge in [0.2, 0.25) is 0 Å². The van der Waals surface area contributed by atoms with Crippen molar-refractivity contribution in [1.29, 1.82) is 0 Å². The number of hydrogen-bond donors (Lipinski definition) is 0. The molecule has 0 saturated carbocycles. The Bertz CT molecular complexity index is 696. The van der Waals surface area contributed by atoms with Gasteiger partial charge in [-0.3, -0.25) is 0 Å². The number of methoxy groups -OCH3 is 2. The first-order valence-electron chi connectivity index (χ1n) is 6.63. The maximum absolute atomic E-state index is 13.0. The second-order valence-electron chi connectivity index (χ2n) is 4.80. The molecule has 0 saturated heterocycles. The van der Waals surface area contributed by atoms with Gasteiger partial charge in [-0.2, -0.15) is 0 Å². The first-order chi connectivity index (χ1) is 10.5. The number of carbonyl (C=O) groups excluding carboxylic acids is 1. The molecule has 0 aliphatic rings. The van der Waals surface area contributed by atoms with Crippen LogP contribution in [0.25, 0.3) is 11.1 Å². The van der Waals surface area contributed by atoms with E-state index in [1.165, 1.54) is 32.4 Å². The van der Waals surface area contributed by atoms with Crippen LogP contribution in [-0.2, 0) is 4.74 Å². The van der Waals surface area contributed by atoms with Gasteiger partial charge in [-0.05, 0) is 31.2 Å². The monoisotopic (exact) mass is 306 g/mol. The summed E-state index contributed by atoms with van der Waals surface area (Å²) in [6, 6.07) is 9.25. The summed E-state index contributed by atoms with van der Waals surface area (Å²) in [4.78, 5) is 11.9. The molecule has 0 atom stereocenters. The third-order valence-corrected chi connectivity index (χ3v) is 3.35. The minimum atomic E-state index is -2.60. The Hall–Kier alpha value is -2.43. The van der Waals surface area contributed by atoms with Gasteiger partial charge in [0, 0.05) is 16.7 Å². The van der Waals surface area contributed by atoms with Crippen molar-refractivity contribution < 1.29 is 23.0 Å². The fraction of sp³-hybridized carbons (Fsp3) is 0.235. The number of benzene rings is 2. The van der Waals surface area contributed by atoms with E-state index in [9.17, 15) is 13.6 Å². The Morgan fingerprint density at radius 1 is 1.05 bits per heavy atom. The van der Waals surface area contributed by atoms with Gasteiger partial charge in [0.25, 0.3) is 6.43 Å². The lowest BCUT2D eigenvalue weighted by Crippen LogP contribution is -2.04. The largest absolute Gasteiger partial charge is 0.496 e. The molecule has 2 aromatic rings. The van der Waals surface area contributed by atoms with E-state index in [1.807, 2.05) is 6.92 Å². The first-order valence-corrected chi connectivity index (χ1v) is 6.63. The van der Waals surface area contributed by atoms with E-state index in [0.717, 1.165) is 5.56 Å². The molecule has 3 nitrogen and oxygen atoms in total. The Morgan fingerprint density at radius 3 is 2.36 bits per heavy atom. The zero-order valence-electron chi connectivity index (χ0n) is 12.5. The van der Waals surface area contributed by atoms with E-state index in [4.69, 9.17) is 9.47 Å². The number of hydrogen-bond acceptors (Lipinski definition) is 3. The first kappa shape index (κ1) is 15.9. The fourth-order valence-electron chi connectivity index (χ4n) is 2.24. The molecule has 0 aromatic heterocycles. The average molecular weight is 306 g/mol. The van der Waals surface area contributed by atoms with Crippen LogP contribution in [0.15, 0.2) is 36.4 Å². The standard InChI is InChI=1S/C17H16F2O3/c1-10-4-6-12(17(20)22-3)13(8-10)14-9-11(16(18)19)5-7-15(14)21-2/h4-9,16H,1-3H3. The molecule has 116 valence electrons. The number of halogens is 2. The van der Waals surface area contributed by atoms with Gasteiger partial charge in [-0.25, -0.2) is 13.6 Å². The van der Waals surface area contributed by atoms with E-state index >= 15 is 0 Å². The van der Waals surface area contributed by atoms with Gasteiger partial charge in [-0.15, -0.1) is 0 Å². The lowest BCUT2D eigenvalue weighted by atomic mass is 9.95. The van der Waals surface area contributed by atoms with Crippen molar-refractivity contribution in [3.8, 4) is 16.9 Å². The van der Waals surface area contributed by atoms with Crippen LogP contribution in [-0.4, -0.2) is 20.2 Å². The Labute approximate surface area is 127 Å². The van der Waals surface area contributed by atoms with Gasteiger partial charge in [0.05, 0.1) is 19.8 Å². The maximum atomic E-state index is 13.0. The Kier molecular flexibility index (Phi) is 4.75. The summed E-state index contributed by atoms with van der Waals surface area (Å²) in [6.45, 7) is 1.86. The molecule has 0 N–H and O–H groups in total. The number of carbonyl (C=O) groups is 1. The van der Waals surface area contributed by atoms with E-state index in [1.54, 1.807) is 18.2 Å². The molecule has 0 aliphatic heterocycles. The topological polar surface area (TPSA) is 35.5 Å². The van der Waals surface area contributed by atoms with Crippen molar-refractivity contribution in [1.82, 2.24) is 0 Å². The van der Waals surface area contributed by atoms with Crippen molar-refractivity contribution in [2.24, 2.45) is 0 Å². The van der Waals surface area contributed by atoms with E-state index in [2.05, 4.69) is 0 Å². The molecule has 0 fully saturated rings. The smallest absolute Gasteiger partial charge is 0.338 e. The number of esters is 1. The number of ether oxygens (including phenoxy) is 2. The second-order valence-corrected chi connectivity index (χ2v) is 4.80. The van der Waals surface area contributed by atoms with E-state index < -0.39 is 12.4 Å². The van der Waals surface area contributed by atoms with Crippen molar-refractivity contribution in [3.63, 3.8) is 0 Å². The molecule has 0 amide bonds. The van der Waals surface area contributed by atoms with Crippen LogP contribution in [0.5, 0.6) is 5.75 Å². The molecule has 2 aromatic carbocycles.